The fourth-order valence-electron chi connectivity index (χ4n) is 7.56. The first-order chi connectivity index (χ1) is 10.8. The molecule has 0 radical (unpaired) electrons. The molecule has 0 aliphatic heterocycles. The Hall–Kier alpha value is -0.120. The van der Waals surface area contributed by atoms with Crippen molar-refractivity contribution in [3.63, 3.8) is 0 Å². The van der Waals surface area contributed by atoms with Gasteiger partial charge in [-0.25, -0.2) is 0 Å². The van der Waals surface area contributed by atoms with E-state index in [-0.39, 0.29) is 10.3 Å². The molecule has 0 N–H and O–H groups in total. The summed E-state index contributed by atoms with van der Waals surface area (Å²) in [6, 6.07) is 0. The highest BCUT2D eigenvalue weighted by Crippen LogP contribution is 2.69. The normalized spacial score (nSPS) is 55.6. The van der Waals surface area contributed by atoms with E-state index in [1.54, 1.807) is 0 Å². The largest absolute Gasteiger partial charge is 0.280 e. The Morgan fingerprint density at radius 3 is 2.43 bits per heavy atom. The van der Waals surface area contributed by atoms with Gasteiger partial charge in [-0.1, -0.05) is 26.7 Å². The molecule has 0 aromatic rings. The van der Waals surface area contributed by atoms with Gasteiger partial charge in [0.15, 0.2) is 0 Å². The molecule has 4 aliphatic carbocycles. The molecular formula is C19H30BrNO2. The number of alkyl halides is 1. The monoisotopic (exact) mass is 383 g/mol. The molecule has 0 heterocycles. The number of nitro groups is 1. The maximum absolute atomic E-state index is 11.8. The van der Waals surface area contributed by atoms with Crippen molar-refractivity contribution in [2.24, 2.45) is 34.5 Å². The minimum atomic E-state index is -0.875. The van der Waals surface area contributed by atoms with Gasteiger partial charge in [0, 0.05) is 27.3 Å². The van der Waals surface area contributed by atoms with Gasteiger partial charge in [0.05, 0.1) is 5.41 Å². The minimum Gasteiger partial charge on any atom is -0.263 e. The average Bonchev–Trinajstić information content (AvgIpc) is 2.80. The molecule has 4 heteroatoms. The van der Waals surface area contributed by atoms with Crippen LogP contribution < -0.4 is 0 Å². The molecule has 4 fully saturated rings. The van der Waals surface area contributed by atoms with Gasteiger partial charge in [0.1, 0.15) is 0 Å². The Morgan fingerprint density at radius 1 is 0.957 bits per heavy atom. The molecule has 0 unspecified atom stereocenters. The van der Waals surface area contributed by atoms with E-state index in [0.29, 0.717) is 17.8 Å². The van der Waals surface area contributed by atoms with Crippen LogP contribution in [-0.4, -0.2) is 9.37 Å². The van der Waals surface area contributed by atoms with Crippen molar-refractivity contribution in [2.75, 3.05) is 0 Å². The van der Waals surface area contributed by atoms with Gasteiger partial charge in [-0.05, 0) is 74.0 Å². The van der Waals surface area contributed by atoms with Gasteiger partial charge in [-0.2, -0.15) is 0 Å². The first-order valence-corrected chi connectivity index (χ1v) is 10.5. The number of fused-ring (bicyclic) bond motifs is 5. The molecular weight excluding hydrogens is 354 g/mol. The molecule has 4 aliphatic rings. The first kappa shape index (κ1) is 16.4. The smallest absolute Gasteiger partial charge is 0.263 e. The van der Waals surface area contributed by atoms with E-state index in [2.05, 4.69) is 29.8 Å². The van der Waals surface area contributed by atoms with E-state index in [1.165, 1.54) is 44.9 Å². The van der Waals surface area contributed by atoms with Crippen molar-refractivity contribution in [1.29, 1.82) is 0 Å². The summed E-state index contributed by atoms with van der Waals surface area (Å²) in [4.78, 5) is 11.8. The van der Waals surface area contributed by atoms with Crippen LogP contribution >= 0.6 is 15.9 Å². The van der Waals surface area contributed by atoms with Crippen molar-refractivity contribution < 1.29 is 4.92 Å². The van der Waals surface area contributed by atoms with Crippen LogP contribution in [0.4, 0.5) is 0 Å². The van der Waals surface area contributed by atoms with Gasteiger partial charge < -0.3 is 0 Å². The maximum atomic E-state index is 11.8. The lowest BCUT2D eigenvalue weighted by Crippen LogP contribution is -2.56. The third kappa shape index (κ3) is 1.99. The highest BCUT2D eigenvalue weighted by molar-refractivity contribution is 9.10. The Balaban J connectivity index is 1.67. The Kier molecular flexibility index (Phi) is 3.69. The predicted molar refractivity (Wildman–Crippen MR) is 95.0 cm³/mol. The van der Waals surface area contributed by atoms with Crippen molar-refractivity contribution in [3.05, 3.63) is 10.1 Å². The standard InChI is InChI=1S/C19H30BrNO2/c1-17-10-4-3-5-13(17)6-7-14-15(17)8-11-18(2)16(14)9-12-19(18,20)21(22)23/h13-16H,3-12H2,1-2H3/t13-,14-,15+,16+,17+,18+,19+/m1/s1. The highest BCUT2D eigenvalue weighted by Gasteiger charge is 2.69. The summed E-state index contributed by atoms with van der Waals surface area (Å²) in [5.74, 6) is 3.02. The van der Waals surface area contributed by atoms with Gasteiger partial charge in [-0.15, -0.1) is 0 Å². The van der Waals surface area contributed by atoms with Crippen LogP contribution in [0, 0.1) is 44.6 Å². The van der Waals surface area contributed by atoms with Crippen molar-refractivity contribution in [2.45, 2.75) is 82.5 Å². The highest BCUT2D eigenvalue weighted by atomic mass is 79.9. The molecule has 23 heavy (non-hydrogen) atoms. The number of hydrogen-bond donors (Lipinski definition) is 0. The van der Waals surface area contributed by atoms with Crippen LogP contribution in [0.2, 0.25) is 0 Å². The zero-order chi connectivity index (χ0) is 16.5. The number of halogens is 1. The van der Waals surface area contributed by atoms with Crippen LogP contribution in [0.3, 0.4) is 0 Å². The number of hydrogen-bond acceptors (Lipinski definition) is 2. The number of nitrogens with zero attached hydrogens (tertiary/aromatic N) is 1. The Bertz CT molecular complexity index is 525. The molecule has 0 aromatic heterocycles. The molecule has 0 saturated heterocycles. The second-order valence-electron chi connectivity index (χ2n) is 9.41. The average molecular weight is 384 g/mol. The summed E-state index contributed by atoms with van der Waals surface area (Å²) in [5, 5.41) is 11.8. The van der Waals surface area contributed by atoms with E-state index in [9.17, 15) is 10.1 Å². The molecule has 130 valence electrons. The third-order valence-electron chi connectivity index (χ3n) is 8.92. The van der Waals surface area contributed by atoms with Crippen LogP contribution in [0.5, 0.6) is 0 Å². The third-order valence-corrected chi connectivity index (χ3v) is 10.5. The van der Waals surface area contributed by atoms with Gasteiger partial charge in [-0.3, -0.25) is 10.1 Å². The number of rotatable bonds is 1. The molecule has 0 spiro atoms. The predicted octanol–water partition coefficient (Wildman–Crippen LogP) is 5.79. The molecule has 7 atom stereocenters. The van der Waals surface area contributed by atoms with Crippen molar-refractivity contribution >= 4 is 15.9 Å². The zero-order valence-electron chi connectivity index (χ0n) is 14.5. The first-order valence-electron chi connectivity index (χ1n) is 9.66. The summed E-state index contributed by atoms with van der Waals surface area (Å²) in [7, 11) is 0. The lowest BCUT2D eigenvalue weighted by molar-refractivity contribution is -0.554. The Labute approximate surface area is 148 Å². The fourth-order valence-corrected chi connectivity index (χ4v) is 8.28. The molecule has 4 saturated carbocycles. The summed E-state index contributed by atoms with van der Waals surface area (Å²) in [6.07, 6.45) is 12.4. The summed E-state index contributed by atoms with van der Waals surface area (Å²) < 4.78 is -0.875. The zero-order valence-corrected chi connectivity index (χ0v) is 16.1. The molecule has 4 rings (SSSR count). The fraction of sp³-hybridized carbons (Fsp3) is 1.00. The van der Waals surface area contributed by atoms with Crippen LogP contribution in [0.1, 0.15) is 78.1 Å². The van der Waals surface area contributed by atoms with E-state index in [1.807, 2.05) is 0 Å². The van der Waals surface area contributed by atoms with Crippen molar-refractivity contribution in [3.8, 4) is 0 Å². The lowest BCUT2D eigenvalue weighted by atomic mass is 9.45. The quantitative estimate of drug-likeness (QED) is 0.249. The summed E-state index contributed by atoms with van der Waals surface area (Å²) >= 11 is 3.61. The van der Waals surface area contributed by atoms with Crippen LogP contribution in [0.25, 0.3) is 0 Å². The van der Waals surface area contributed by atoms with Gasteiger partial charge in [0.25, 0.3) is 4.45 Å². The van der Waals surface area contributed by atoms with E-state index in [4.69, 9.17) is 0 Å². The van der Waals surface area contributed by atoms with E-state index < -0.39 is 4.45 Å². The Morgan fingerprint density at radius 2 is 1.70 bits per heavy atom. The second-order valence-corrected chi connectivity index (χ2v) is 10.7. The van der Waals surface area contributed by atoms with Crippen molar-refractivity contribution in [1.82, 2.24) is 0 Å². The molecule has 3 nitrogen and oxygen atoms in total. The van der Waals surface area contributed by atoms with Gasteiger partial charge >= 0.3 is 0 Å². The van der Waals surface area contributed by atoms with E-state index >= 15 is 0 Å². The van der Waals surface area contributed by atoms with Crippen LogP contribution in [0.15, 0.2) is 0 Å². The topological polar surface area (TPSA) is 43.1 Å². The molecule has 0 amide bonds. The SMILES string of the molecule is C[C@]12CCCC[C@@H]1CC[C@@H]1[C@@H]2CC[C@@]2(C)[C@H]1CC[C@]2(Br)[N+](=O)[O-]. The summed E-state index contributed by atoms with van der Waals surface area (Å²) in [6.45, 7) is 4.79. The van der Waals surface area contributed by atoms with E-state index in [0.717, 1.165) is 30.6 Å². The maximum Gasteiger partial charge on any atom is 0.280 e. The minimum absolute atomic E-state index is 0.0126. The lowest BCUT2D eigenvalue weighted by Gasteiger charge is -2.60. The molecule has 0 bridgehead atoms. The van der Waals surface area contributed by atoms with Gasteiger partial charge in [0.2, 0.25) is 0 Å². The molecule has 0 aromatic carbocycles. The van der Waals surface area contributed by atoms with Crippen LogP contribution in [-0.2, 0) is 0 Å². The summed E-state index contributed by atoms with van der Waals surface area (Å²) in [5.41, 5.74) is 0.365. The second kappa shape index (κ2) is 5.19.